The molecule has 0 aromatic rings. The van der Waals surface area contributed by atoms with E-state index in [-0.39, 0.29) is 50.3 Å². The van der Waals surface area contributed by atoms with Crippen LogP contribution in [0.2, 0.25) is 0 Å². The predicted octanol–water partition coefficient (Wildman–Crippen LogP) is -41.1. The van der Waals surface area contributed by atoms with Crippen molar-refractivity contribution in [1.29, 1.82) is 0 Å². The summed E-state index contributed by atoms with van der Waals surface area (Å²) in [6.07, 6.45) is -84.6. The smallest absolute Gasteiger partial charge is 0.335 e. The summed E-state index contributed by atoms with van der Waals surface area (Å²) >= 11 is 0. The van der Waals surface area contributed by atoms with Crippen LogP contribution in [0.1, 0.15) is 0 Å². The number of hydrogen-bond donors (Lipinski definition) is 64. The monoisotopic (exact) mass is 2210 g/mol. The molecule has 0 amide bonds. The average molecular weight is 2210 g/mol. The number of carboxylic acid groups (broad SMARTS) is 3. The van der Waals surface area contributed by atoms with Crippen molar-refractivity contribution in [3.63, 3.8) is 0 Å². The quantitative estimate of drug-likeness (QED) is 0.0251. The molecule has 0 rings (SSSR count). The van der Waals surface area contributed by atoms with Crippen LogP contribution in [0.4, 0.5) is 0 Å². The Balaban J connectivity index is -0.000000135. The van der Waals surface area contributed by atoms with E-state index >= 15 is 0 Å². The highest BCUT2D eigenvalue weighted by Crippen LogP contribution is 2.14. The molecule has 75 nitrogen and oxygen atoms in total. The second-order valence-electron chi connectivity index (χ2n) is 28.9. The minimum Gasteiger partial charge on any atom is -0.479 e. The topological polar surface area (TPSA) is 1480 Å². The lowest BCUT2D eigenvalue weighted by Crippen LogP contribution is -2.49. The first kappa shape index (κ1) is 165. The highest BCUT2D eigenvalue weighted by atomic mass is 16.5. The second kappa shape index (κ2) is 95.2. The molecular weight excluding hydrogens is 2060 g/mol. The van der Waals surface area contributed by atoms with E-state index in [4.69, 9.17) is 327 Å². The van der Waals surface area contributed by atoms with Gasteiger partial charge in [0.2, 0.25) is 0 Å². The number of carbonyl (C=O) groups excluding carboxylic acids is 8. The number of aldehydes is 8. The van der Waals surface area contributed by atoms with Crippen LogP contribution in [0.25, 0.3) is 0 Å². The van der Waals surface area contributed by atoms with Crippen molar-refractivity contribution in [2.24, 2.45) is 0 Å². The summed E-state index contributed by atoms with van der Waals surface area (Å²) < 4.78 is 0. The van der Waals surface area contributed by atoms with Crippen molar-refractivity contribution in [3.05, 3.63) is 0 Å². The largest absolute Gasteiger partial charge is 0.479 e. The van der Waals surface area contributed by atoms with E-state index < -0.39 is 397 Å². The number of carbonyl (C=O) groups is 11. The molecule has 0 bridgehead atoms. The van der Waals surface area contributed by atoms with Gasteiger partial charge in [-0.1, -0.05) is 0 Å². The number of aliphatic carboxylic acids is 3. The van der Waals surface area contributed by atoms with Crippen molar-refractivity contribution in [2.75, 3.05) is 85.9 Å². The average Bonchev–Trinajstić information content (AvgIpc) is 0.868. The fourth-order valence-electron chi connectivity index (χ4n) is 7.62. The van der Waals surface area contributed by atoms with E-state index in [9.17, 15) is 52.7 Å². The van der Waals surface area contributed by atoms with Crippen molar-refractivity contribution in [3.8, 4) is 0 Å². The molecule has 0 saturated heterocycles. The standard InChI is InChI=1S/C6H10O8.C6H12O7.2C6H14O6.8C6H12O6/c7-1(3(9)5(11)12)2(8)4(10)6(13)14;7-1-2(8)3(9)4(10)5(11)6(12)13;10*7-1-3(9)5(11)6(12)4(10)2-8/h1-4,7-10H,(H,11,12)(H,13,14);2-5,7-11H,1H2,(H,12,13);2*3-12H,1-2H2;8*1,3-6,8-12H,2H2. The molecule has 0 radical (unpaired) electrons. The molecule has 48 atom stereocenters. The van der Waals surface area contributed by atoms with Gasteiger partial charge in [0, 0.05) is 0 Å². The molecule has 0 heterocycles. The van der Waals surface area contributed by atoms with Crippen molar-refractivity contribution in [2.45, 2.75) is 293 Å². The number of aliphatic hydroxyl groups excluding tert-OH is 61. The van der Waals surface area contributed by atoms with Gasteiger partial charge < -0.3 is 365 Å². The summed E-state index contributed by atoms with van der Waals surface area (Å²) in [7, 11) is 0. The van der Waals surface area contributed by atoms with Gasteiger partial charge in [-0.3, -0.25) is 0 Å². The number of carboxylic acids is 3. The fraction of sp³-hybridized carbons (Fsp3) is 0.847. The van der Waals surface area contributed by atoms with Gasteiger partial charge in [-0.2, -0.15) is 0 Å². The van der Waals surface area contributed by atoms with Crippen LogP contribution in [-0.4, -0.2) is 774 Å². The third-order valence-corrected chi connectivity index (χ3v) is 17.4. The lowest BCUT2D eigenvalue weighted by molar-refractivity contribution is -0.172. The van der Waals surface area contributed by atoms with Gasteiger partial charge in [0.25, 0.3) is 0 Å². The summed E-state index contributed by atoms with van der Waals surface area (Å²) in [5.41, 5.74) is 0. The SMILES string of the molecule is O=C(O)C(O)C(O)C(O)C(O)C(=O)O.O=C(O)C(O)C(O)C(O)C(O)CO.O=CC(O)C(O)C(O)C(O)CO.O=CC(O)C(O)C(O)C(O)CO.O=CC(O)C(O)C(O)C(O)CO.O=CC(O)C(O)C(O)C(O)CO.O=CC(O)C(O)C(O)C(O)CO.O=CC(O)C(O)C(O)C(O)CO.O=CC(O)C(O)C(O)C(O)CO.O=CC(O)C(O)C(O)C(O)CO.OCC(O)C(O)C(O)C(O)CO.OCC(O)C(O)C(O)C(O)CO. The Bertz CT molecular complexity index is 2690. The summed E-state index contributed by atoms with van der Waals surface area (Å²) in [4.78, 5) is 109. The third-order valence-electron chi connectivity index (χ3n) is 17.4. The van der Waals surface area contributed by atoms with Crippen LogP contribution in [-0.2, 0) is 52.7 Å². The van der Waals surface area contributed by atoms with E-state index in [1.807, 2.05) is 0 Å². The molecule has 147 heavy (non-hydrogen) atoms. The van der Waals surface area contributed by atoms with Crippen LogP contribution in [0.3, 0.4) is 0 Å². The zero-order chi connectivity index (χ0) is 119. The zero-order valence-corrected chi connectivity index (χ0v) is 76.1. The van der Waals surface area contributed by atoms with Gasteiger partial charge in [-0.05, 0) is 0 Å². The summed E-state index contributed by atoms with van der Waals surface area (Å²) in [6, 6.07) is 0. The molecule has 0 aliphatic heterocycles. The Labute approximate surface area is 824 Å². The maximum Gasteiger partial charge on any atom is 0.335 e. The fourth-order valence-corrected chi connectivity index (χ4v) is 7.62. The first-order valence-corrected chi connectivity index (χ1v) is 40.5. The molecule has 0 aliphatic rings. The van der Waals surface area contributed by atoms with Crippen molar-refractivity contribution in [1.82, 2.24) is 0 Å². The van der Waals surface area contributed by atoms with E-state index in [1.54, 1.807) is 0 Å². The molecule has 64 N–H and O–H groups in total. The van der Waals surface area contributed by atoms with E-state index in [0.29, 0.717) is 0 Å². The molecule has 884 valence electrons. The summed E-state index contributed by atoms with van der Waals surface area (Å²) in [6.45, 7) is -9.83. The predicted molar refractivity (Wildman–Crippen MR) is 452 cm³/mol. The molecular formula is C72H146O75. The maximum absolute atomic E-state index is 10.1. The van der Waals surface area contributed by atoms with Crippen LogP contribution in [0.5, 0.6) is 0 Å². The van der Waals surface area contributed by atoms with E-state index in [2.05, 4.69) is 0 Å². The molecule has 75 heteroatoms. The van der Waals surface area contributed by atoms with Gasteiger partial charge in [0.1, 0.15) is 275 Å². The van der Waals surface area contributed by atoms with Crippen LogP contribution >= 0.6 is 0 Å². The van der Waals surface area contributed by atoms with Crippen LogP contribution < -0.4 is 0 Å². The molecule has 0 fully saturated rings. The molecule has 0 spiro atoms. The highest BCUT2D eigenvalue weighted by molar-refractivity contribution is 5.75. The molecule has 0 aromatic heterocycles. The lowest BCUT2D eigenvalue weighted by Gasteiger charge is -2.24. The van der Waals surface area contributed by atoms with Crippen LogP contribution in [0.15, 0.2) is 0 Å². The van der Waals surface area contributed by atoms with Crippen LogP contribution in [0, 0.1) is 0 Å². The number of rotatable bonds is 60. The Kier molecular flexibility index (Phi) is 107. The molecule has 48 unspecified atom stereocenters. The zero-order valence-electron chi connectivity index (χ0n) is 76.1. The highest BCUT2D eigenvalue weighted by Gasteiger charge is 2.41. The Hall–Kier alpha value is -6.67. The lowest BCUT2D eigenvalue weighted by atomic mass is 10.0. The minimum absolute atomic E-state index is 0.0258. The van der Waals surface area contributed by atoms with Gasteiger partial charge in [-0.15, -0.1) is 0 Å². The summed E-state index contributed by atoms with van der Waals surface area (Å²) in [5, 5.41) is 556. The van der Waals surface area contributed by atoms with Gasteiger partial charge in [0.15, 0.2) is 68.6 Å². The van der Waals surface area contributed by atoms with E-state index in [0.717, 1.165) is 0 Å². The second-order valence-corrected chi connectivity index (χ2v) is 28.9. The van der Waals surface area contributed by atoms with Gasteiger partial charge in [-0.25, -0.2) is 14.4 Å². The first-order valence-electron chi connectivity index (χ1n) is 40.5. The normalized spacial score (nSPS) is 20.9. The number of aliphatic hydroxyl groups is 61. The Morgan fingerprint density at radius 2 is 0.184 bits per heavy atom. The van der Waals surface area contributed by atoms with E-state index in [1.165, 1.54) is 0 Å². The molecule has 0 aliphatic carbocycles. The Morgan fingerprint density at radius 1 is 0.122 bits per heavy atom. The Morgan fingerprint density at radius 3 is 0.245 bits per heavy atom. The third kappa shape index (κ3) is 71.8. The minimum atomic E-state index is -2.36. The van der Waals surface area contributed by atoms with Gasteiger partial charge >= 0.3 is 17.9 Å². The van der Waals surface area contributed by atoms with Gasteiger partial charge in [0.05, 0.1) is 85.9 Å². The maximum atomic E-state index is 10.1. The first-order chi connectivity index (χ1) is 67.6. The van der Waals surface area contributed by atoms with Crippen molar-refractivity contribution < 1.29 is 380 Å². The molecule has 0 aromatic carbocycles. The number of hydrogen-bond acceptors (Lipinski definition) is 72. The molecule has 0 saturated carbocycles. The van der Waals surface area contributed by atoms with Crippen molar-refractivity contribution >= 4 is 68.2 Å². The summed E-state index contributed by atoms with van der Waals surface area (Å²) in [5.74, 6) is -5.40.